The lowest BCUT2D eigenvalue weighted by molar-refractivity contribution is -0.140. The number of alkyl halides is 3. The minimum absolute atomic E-state index is 0.0415. The number of nitrogens with one attached hydrogen (secondary N) is 1. The van der Waals surface area contributed by atoms with Crippen LogP contribution in [0.2, 0.25) is 0 Å². The Morgan fingerprint density at radius 3 is 2.57 bits per heavy atom. The van der Waals surface area contributed by atoms with Gasteiger partial charge in [-0.2, -0.15) is 13.2 Å². The van der Waals surface area contributed by atoms with Gasteiger partial charge in [0.2, 0.25) is 0 Å². The van der Waals surface area contributed by atoms with Crippen molar-refractivity contribution in [2.75, 3.05) is 0 Å². The van der Waals surface area contributed by atoms with Gasteiger partial charge in [0.15, 0.2) is 0 Å². The maximum Gasteiger partial charge on any atom is 0.420 e. The van der Waals surface area contributed by atoms with E-state index in [4.69, 9.17) is 5.11 Å². The normalized spacial score (nSPS) is 21.2. The summed E-state index contributed by atoms with van der Waals surface area (Å²) in [6.07, 6.45) is -3.57. The number of amides is 1. The maximum absolute atomic E-state index is 13.5. The number of aliphatic carboxylic acids is 1. The third kappa shape index (κ3) is 4.20. The number of hydrogen-bond acceptors (Lipinski definition) is 2. The molecule has 0 saturated heterocycles. The summed E-state index contributed by atoms with van der Waals surface area (Å²) in [4.78, 5) is 22.7. The van der Waals surface area contributed by atoms with Gasteiger partial charge in [-0.15, -0.1) is 0 Å². The Balaban J connectivity index is 2.11. The van der Waals surface area contributed by atoms with Crippen molar-refractivity contribution in [1.29, 1.82) is 0 Å². The van der Waals surface area contributed by atoms with E-state index in [9.17, 15) is 27.2 Å². The van der Waals surface area contributed by atoms with Crippen LogP contribution in [0.25, 0.3) is 0 Å². The molecule has 1 aliphatic carbocycles. The highest BCUT2D eigenvalue weighted by molar-refractivity contribution is 5.96. The first-order valence-electron chi connectivity index (χ1n) is 7.07. The third-order valence-corrected chi connectivity index (χ3v) is 3.88. The van der Waals surface area contributed by atoms with Crippen molar-refractivity contribution in [3.63, 3.8) is 0 Å². The van der Waals surface area contributed by atoms with E-state index in [1.807, 2.05) is 0 Å². The predicted molar refractivity (Wildman–Crippen MR) is 72.3 cm³/mol. The molecule has 1 amide bonds. The Morgan fingerprint density at radius 1 is 1.26 bits per heavy atom. The molecule has 1 saturated carbocycles. The molecule has 0 aromatic heterocycles. The van der Waals surface area contributed by atoms with Gasteiger partial charge in [-0.3, -0.25) is 9.59 Å². The van der Waals surface area contributed by atoms with E-state index in [0.29, 0.717) is 25.3 Å². The fourth-order valence-corrected chi connectivity index (χ4v) is 2.90. The van der Waals surface area contributed by atoms with Crippen molar-refractivity contribution in [1.82, 2.24) is 5.32 Å². The Bertz CT molecular complexity index is 615. The van der Waals surface area contributed by atoms with Crippen LogP contribution < -0.4 is 5.32 Å². The molecule has 0 bridgehead atoms. The van der Waals surface area contributed by atoms with Crippen molar-refractivity contribution in [2.45, 2.75) is 37.9 Å². The van der Waals surface area contributed by atoms with E-state index in [-0.39, 0.29) is 12.3 Å². The van der Waals surface area contributed by atoms with Crippen LogP contribution in [0.1, 0.15) is 41.6 Å². The van der Waals surface area contributed by atoms with Gasteiger partial charge in [-0.1, -0.05) is 6.07 Å². The number of rotatable bonds is 4. The number of carboxylic acid groups (broad SMARTS) is 1. The van der Waals surface area contributed by atoms with Crippen LogP contribution in [0, 0.1) is 11.7 Å². The number of carbonyl (C=O) groups excluding carboxylic acids is 1. The molecular formula is C15H15F4NO3. The lowest BCUT2D eigenvalue weighted by atomic mass is 10.0. The van der Waals surface area contributed by atoms with E-state index < -0.39 is 41.0 Å². The van der Waals surface area contributed by atoms with Crippen LogP contribution in [-0.4, -0.2) is 23.0 Å². The molecule has 23 heavy (non-hydrogen) atoms. The highest BCUT2D eigenvalue weighted by Crippen LogP contribution is 2.34. The molecule has 2 atom stereocenters. The van der Waals surface area contributed by atoms with Crippen molar-refractivity contribution in [3.8, 4) is 0 Å². The van der Waals surface area contributed by atoms with Gasteiger partial charge in [0, 0.05) is 12.5 Å². The Kier molecular flexibility index (Phi) is 4.91. The van der Waals surface area contributed by atoms with Crippen LogP contribution >= 0.6 is 0 Å². The lowest BCUT2D eigenvalue weighted by Crippen LogP contribution is -2.34. The maximum atomic E-state index is 13.5. The largest absolute Gasteiger partial charge is 0.481 e. The monoisotopic (exact) mass is 333 g/mol. The average Bonchev–Trinajstić information content (AvgIpc) is 2.83. The number of carbonyl (C=O) groups is 2. The van der Waals surface area contributed by atoms with Crippen molar-refractivity contribution < 1.29 is 32.3 Å². The fraction of sp³-hybridized carbons (Fsp3) is 0.467. The zero-order valence-electron chi connectivity index (χ0n) is 12.0. The zero-order valence-corrected chi connectivity index (χ0v) is 12.0. The standard InChI is InChI=1S/C15H15F4NO3/c16-11-3-1-2-10(13(11)15(17,18)19)14(23)20-9-5-4-8(6-9)7-12(21)22/h1-3,8-9H,4-7H2,(H,20,23)(H,21,22)/t8-,9+/m1/s1. The Morgan fingerprint density at radius 2 is 1.96 bits per heavy atom. The van der Waals surface area contributed by atoms with Crippen molar-refractivity contribution in [3.05, 3.63) is 35.1 Å². The molecular weight excluding hydrogens is 318 g/mol. The first-order chi connectivity index (χ1) is 10.7. The molecule has 0 unspecified atom stereocenters. The van der Waals surface area contributed by atoms with E-state index in [0.717, 1.165) is 12.1 Å². The molecule has 4 nitrogen and oxygen atoms in total. The second kappa shape index (κ2) is 6.55. The molecule has 0 radical (unpaired) electrons. The van der Waals surface area contributed by atoms with E-state index in [2.05, 4.69) is 5.32 Å². The molecule has 1 aromatic carbocycles. The van der Waals surface area contributed by atoms with Crippen LogP contribution in [-0.2, 0) is 11.0 Å². The first-order valence-corrected chi connectivity index (χ1v) is 7.07. The summed E-state index contributed by atoms with van der Waals surface area (Å²) in [5.41, 5.74) is -2.35. The van der Waals surface area contributed by atoms with Crippen LogP contribution in [0.4, 0.5) is 17.6 Å². The van der Waals surface area contributed by atoms with Gasteiger partial charge in [-0.05, 0) is 37.3 Å². The Labute approximate surface area is 129 Å². The Hall–Kier alpha value is -2.12. The number of benzene rings is 1. The van der Waals surface area contributed by atoms with Gasteiger partial charge in [0.1, 0.15) is 11.4 Å². The smallest absolute Gasteiger partial charge is 0.420 e. The quantitative estimate of drug-likeness (QED) is 0.832. The highest BCUT2D eigenvalue weighted by atomic mass is 19.4. The summed E-state index contributed by atoms with van der Waals surface area (Å²) in [6, 6.07) is 2.21. The fourth-order valence-electron chi connectivity index (χ4n) is 2.90. The van der Waals surface area contributed by atoms with Crippen molar-refractivity contribution >= 4 is 11.9 Å². The summed E-state index contributed by atoms with van der Waals surface area (Å²) >= 11 is 0. The molecule has 1 aliphatic rings. The van der Waals surface area contributed by atoms with Crippen LogP contribution in [0.5, 0.6) is 0 Å². The molecule has 1 fully saturated rings. The number of halogens is 4. The topological polar surface area (TPSA) is 66.4 Å². The highest BCUT2D eigenvalue weighted by Gasteiger charge is 2.39. The minimum atomic E-state index is -4.97. The van der Waals surface area contributed by atoms with Gasteiger partial charge in [0.25, 0.3) is 5.91 Å². The predicted octanol–water partition coefficient (Wildman–Crippen LogP) is 3.22. The van der Waals surface area contributed by atoms with Gasteiger partial charge in [-0.25, -0.2) is 4.39 Å². The molecule has 8 heteroatoms. The zero-order chi connectivity index (χ0) is 17.2. The SMILES string of the molecule is O=C(O)C[C@@H]1CC[C@H](NC(=O)c2cccc(F)c2C(F)(F)F)C1. The molecule has 2 rings (SSSR count). The van der Waals surface area contributed by atoms with Gasteiger partial charge >= 0.3 is 12.1 Å². The number of carboxylic acids is 1. The molecule has 0 spiro atoms. The second-order valence-electron chi connectivity index (χ2n) is 5.61. The summed E-state index contributed by atoms with van der Waals surface area (Å²) in [6.45, 7) is 0. The van der Waals surface area contributed by atoms with E-state index in [1.54, 1.807) is 0 Å². The number of hydrogen-bond donors (Lipinski definition) is 2. The first kappa shape index (κ1) is 17.2. The molecule has 0 heterocycles. The summed E-state index contributed by atoms with van der Waals surface area (Å²) in [5, 5.41) is 11.2. The van der Waals surface area contributed by atoms with Gasteiger partial charge < -0.3 is 10.4 Å². The van der Waals surface area contributed by atoms with Crippen LogP contribution in [0.3, 0.4) is 0 Å². The third-order valence-electron chi connectivity index (χ3n) is 3.88. The van der Waals surface area contributed by atoms with E-state index in [1.165, 1.54) is 0 Å². The molecule has 1 aromatic rings. The average molecular weight is 333 g/mol. The van der Waals surface area contributed by atoms with Crippen LogP contribution in [0.15, 0.2) is 18.2 Å². The summed E-state index contributed by atoms with van der Waals surface area (Å²) < 4.78 is 52.2. The van der Waals surface area contributed by atoms with E-state index >= 15 is 0 Å². The molecule has 2 N–H and O–H groups in total. The minimum Gasteiger partial charge on any atom is -0.481 e. The molecule has 0 aliphatic heterocycles. The summed E-state index contributed by atoms with van der Waals surface area (Å²) in [5.74, 6) is -3.57. The van der Waals surface area contributed by atoms with Crippen molar-refractivity contribution in [2.24, 2.45) is 5.92 Å². The molecule has 126 valence electrons. The van der Waals surface area contributed by atoms with Gasteiger partial charge in [0.05, 0.1) is 5.56 Å². The summed E-state index contributed by atoms with van der Waals surface area (Å²) in [7, 11) is 0. The second-order valence-corrected chi connectivity index (χ2v) is 5.61. The lowest BCUT2D eigenvalue weighted by Gasteiger charge is -2.16.